The van der Waals surface area contributed by atoms with E-state index < -0.39 is 0 Å². The number of nitrogens with zero attached hydrogens (tertiary/aromatic N) is 1. The van der Waals surface area contributed by atoms with E-state index in [4.69, 9.17) is 4.42 Å². The van der Waals surface area contributed by atoms with Gasteiger partial charge < -0.3 is 9.73 Å². The molecule has 2 unspecified atom stereocenters. The van der Waals surface area contributed by atoms with Crippen molar-refractivity contribution in [1.29, 1.82) is 0 Å². The molecular weight excluding hydrogens is 300 g/mol. The van der Waals surface area contributed by atoms with E-state index in [2.05, 4.69) is 42.6 Å². The summed E-state index contributed by atoms with van der Waals surface area (Å²) < 4.78 is 7.14. The molecule has 0 amide bonds. The number of hydrogen-bond acceptors (Lipinski definition) is 3. The molecule has 24 heavy (non-hydrogen) atoms. The van der Waals surface area contributed by atoms with Gasteiger partial charge >= 0.3 is 5.76 Å². The lowest BCUT2D eigenvalue weighted by molar-refractivity contribution is 0.358. The molecule has 124 valence electrons. The second kappa shape index (κ2) is 6.29. The number of para-hydroxylation sites is 1. The third-order valence-electron chi connectivity index (χ3n) is 4.93. The first-order valence-electron chi connectivity index (χ1n) is 8.66. The van der Waals surface area contributed by atoms with Gasteiger partial charge in [-0.1, -0.05) is 49.4 Å². The molecule has 4 rings (SSSR count). The Morgan fingerprint density at radius 2 is 2.04 bits per heavy atom. The van der Waals surface area contributed by atoms with Crippen LogP contribution in [0.4, 0.5) is 0 Å². The predicted octanol–water partition coefficient (Wildman–Crippen LogP) is 3.13. The predicted molar refractivity (Wildman–Crippen MR) is 95.3 cm³/mol. The maximum atomic E-state index is 12.1. The molecular formula is C20H22N2O2. The smallest absolute Gasteiger partial charge is 0.408 e. The van der Waals surface area contributed by atoms with Crippen LogP contribution in [0.2, 0.25) is 0 Å². The fourth-order valence-corrected chi connectivity index (χ4v) is 3.74. The molecule has 4 heteroatoms. The highest BCUT2D eigenvalue weighted by atomic mass is 16.4. The van der Waals surface area contributed by atoms with Crippen LogP contribution in [0.1, 0.15) is 24.5 Å². The van der Waals surface area contributed by atoms with Crippen molar-refractivity contribution < 1.29 is 4.42 Å². The lowest BCUT2D eigenvalue weighted by atomic mass is 9.97. The number of rotatable bonds is 5. The Morgan fingerprint density at radius 3 is 2.83 bits per heavy atom. The highest BCUT2D eigenvalue weighted by molar-refractivity contribution is 5.77. The molecule has 0 radical (unpaired) electrons. The van der Waals surface area contributed by atoms with Crippen LogP contribution in [0.3, 0.4) is 0 Å². The standard InChI is InChI=1S/C20H22N2O2/c1-2-16(11-14-7-4-3-5-8-14)21-17-12-15-9-6-10-18-19(15)22(13-17)20(23)24-18/h3-10,16-17,21H,2,11-13H2,1H3. The Bertz CT molecular complexity index is 895. The molecule has 2 aromatic carbocycles. The molecule has 0 saturated heterocycles. The number of benzene rings is 2. The van der Waals surface area contributed by atoms with Crippen molar-refractivity contribution in [2.75, 3.05) is 0 Å². The van der Waals surface area contributed by atoms with E-state index in [-0.39, 0.29) is 11.8 Å². The molecule has 3 aromatic rings. The largest absolute Gasteiger partial charge is 0.420 e. The summed E-state index contributed by atoms with van der Waals surface area (Å²) in [6, 6.07) is 17.2. The summed E-state index contributed by atoms with van der Waals surface area (Å²) in [5.41, 5.74) is 4.21. The molecule has 2 atom stereocenters. The van der Waals surface area contributed by atoms with E-state index in [1.165, 1.54) is 11.1 Å². The van der Waals surface area contributed by atoms with E-state index in [1.54, 1.807) is 4.57 Å². The topological polar surface area (TPSA) is 47.2 Å². The van der Waals surface area contributed by atoms with Crippen LogP contribution in [0, 0.1) is 0 Å². The molecule has 1 aliphatic rings. The second-order valence-electron chi connectivity index (χ2n) is 6.61. The van der Waals surface area contributed by atoms with Crippen molar-refractivity contribution in [2.24, 2.45) is 0 Å². The summed E-state index contributed by atoms with van der Waals surface area (Å²) in [7, 11) is 0. The minimum atomic E-state index is -0.250. The summed E-state index contributed by atoms with van der Waals surface area (Å²) in [6.07, 6.45) is 3.00. The van der Waals surface area contributed by atoms with Crippen molar-refractivity contribution >= 4 is 11.1 Å². The van der Waals surface area contributed by atoms with Crippen LogP contribution in [0.15, 0.2) is 57.7 Å². The summed E-state index contributed by atoms with van der Waals surface area (Å²) in [5, 5.41) is 3.75. The zero-order valence-electron chi connectivity index (χ0n) is 13.9. The number of nitrogens with one attached hydrogen (secondary N) is 1. The van der Waals surface area contributed by atoms with Gasteiger partial charge in [0, 0.05) is 18.6 Å². The molecule has 0 saturated carbocycles. The Kier molecular flexibility index (Phi) is 3.98. The van der Waals surface area contributed by atoms with E-state index in [0.29, 0.717) is 18.2 Å². The zero-order valence-corrected chi connectivity index (χ0v) is 13.9. The first kappa shape index (κ1) is 15.2. The molecule has 0 fully saturated rings. The fraction of sp³-hybridized carbons (Fsp3) is 0.350. The van der Waals surface area contributed by atoms with E-state index in [1.807, 2.05) is 18.2 Å². The monoisotopic (exact) mass is 322 g/mol. The Hall–Kier alpha value is -2.33. The normalized spacial score (nSPS) is 18.0. The van der Waals surface area contributed by atoms with E-state index in [0.717, 1.165) is 24.8 Å². The average molecular weight is 322 g/mol. The maximum Gasteiger partial charge on any atom is 0.420 e. The van der Waals surface area contributed by atoms with Crippen molar-refractivity contribution in [3.63, 3.8) is 0 Å². The quantitative estimate of drug-likeness (QED) is 0.785. The molecule has 2 heterocycles. The number of oxazole rings is 1. The summed E-state index contributed by atoms with van der Waals surface area (Å²) in [6.45, 7) is 2.88. The van der Waals surface area contributed by atoms with Crippen molar-refractivity contribution in [2.45, 2.75) is 44.8 Å². The minimum absolute atomic E-state index is 0.250. The van der Waals surface area contributed by atoms with Gasteiger partial charge in [-0.25, -0.2) is 4.79 Å². The van der Waals surface area contributed by atoms with Gasteiger partial charge in [-0.2, -0.15) is 0 Å². The Balaban J connectivity index is 1.54. The summed E-state index contributed by atoms with van der Waals surface area (Å²) in [5.74, 6) is -0.250. The number of aromatic nitrogens is 1. The van der Waals surface area contributed by atoms with Crippen LogP contribution in [-0.4, -0.2) is 16.7 Å². The Morgan fingerprint density at radius 1 is 1.21 bits per heavy atom. The molecule has 0 bridgehead atoms. The van der Waals surface area contributed by atoms with Crippen molar-refractivity contribution in [3.05, 3.63) is 70.2 Å². The van der Waals surface area contributed by atoms with Crippen LogP contribution in [0.5, 0.6) is 0 Å². The Labute approximate surface area is 141 Å². The van der Waals surface area contributed by atoms with Gasteiger partial charge in [0.1, 0.15) is 0 Å². The first-order valence-corrected chi connectivity index (χ1v) is 8.66. The van der Waals surface area contributed by atoms with Gasteiger partial charge in [-0.05, 0) is 36.5 Å². The molecule has 1 aromatic heterocycles. The van der Waals surface area contributed by atoms with Gasteiger partial charge in [0.15, 0.2) is 5.58 Å². The first-order chi connectivity index (χ1) is 11.7. The molecule has 1 N–H and O–H groups in total. The van der Waals surface area contributed by atoms with Crippen LogP contribution in [-0.2, 0) is 19.4 Å². The minimum Gasteiger partial charge on any atom is -0.408 e. The zero-order chi connectivity index (χ0) is 16.5. The lowest BCUT2D eigenvalue weighted by Gasteiger charge is -2.28. The average Bonchev–Trinajstić information content (AvgIpc) is 2.93. The third-order valence-corrected chi connectivity index (χ3v) is 4.93. The van der Waals surface area contributed by atoms with Crippen LogP contribution in [0.25, 0.3) is 11.1 Å². The summed E-state index contributed by atoms with van der Waals surface area (Å²) in [4.78, 5) is 12.1. The molecule has 0 spiro atoms. The lowest BCUT2D eigenvalue weighted by Crippen LogP contribution is -2.45. The fourth-order valence-electron chi connectivity index (χ4n) is 3.74. The summed E-state index contributed by atoms with van der Waals surface area (Å²) >= 11 is 0. The van der Waals surface area contributed by atoms with Gasteiger partial charge in [-0.3, -0.25) is 4.57 Å². The molecule has 1 aliphatic heterocycles. The van der Waals surface area contributed by atoms with Gasteiger partial charge in [-0.15, -0.1) is 0 Å². The van der Waals surface area contributed by atoms with E-state index in [9.17, 15) is 4.79 Å². The van der Waals surface area contributed by atoms with Gasteiger partial charge in [0.2, 0.25) is 0 Å². The van der Waals surface area contributed by atoms with Gasteiger partial charge in [0.05, 0.1) is 5.52 Å². The van der Waals surface area contributed by atoms with Crippen molar-refractivity contribution in [3.8, 4) is 0 Å². The van der Waals surface area contributed by atoms with Crippen LogP contribution < -0.4 is 11.1 Å². The van der Waals surface area contributed by atoms with Crippen molar-refractivity contribution in [1.82, 2.24) is 9.88 Å². The molecule has 0 aliphatic carbocycles. The van der Waals surface area contributed by atoms with Crippen LogP contribution >= 0.6 is 0 Å². The highest BCUT2D eigenvalue weighted by Crippen LogP contribution is 2.24. The molecule has 4 nitrogen and oxygen atoms in total. The third kappa shape index (κ3) is 2.78. The second-order valence-corrected chi connectivity index (χ2v) is 6.61. The highest BCUT2D eigenvalue weighted by Gasteiger charge is 2.25. The van der Waals surface area contributed by atoms with Gasteiger partial charge in [0.25, 0.3) is 0 Å². The maximum absolute atomic E-state index is 12.1. The SMILES string of the molecule is CCC(Cc1ccccc1)NC1Cc2cccc3oc(=O)n(c23)C1. The number of hydrogen-bond donors (Lipinski definition) is 1. The van der Waals surface area contributed by atoms with E-state index >= 15 is 0 Å².